The lowest BCUT2D eigenvalue weighted by Gasteiger charge is -2.18. The van der Waals surface area contributed by atoms with Crippen molar-refractivity contribution in [3.05, 3.63) is 59.4 Å². The zero-order valence-corrected chi connectivity index (χ0v) is 14.7. The maximum absolute atomic E-state index is 12.5. The Kier molecular flexibility index (Phi) is 3.53. The van der Waals surface area contributed by atoms with E-state index >= 15 is 0 Å². The van der Waals surface area contributed by atoms with Gasteiger partial charge < -0.3 is 10.1 Å². The summed E-state index contributed by atoms with van der Waals surface area (Å²) in [6.45, 7) is 7.15. The molecule has 1 N–H and O–H groups in total. The number of carbonyl (C=O) groups is 1. The normalized spacial score (nSPS) is 13.6. The predicted octanol–water partition coefficient (Wildman–Crippen LogP) is 3.82. The molecule has 5 nitrogen and oxygen atoms in total. The number of imidazole rings is 1. The summed E-state index contributed by atoms with van der Waals surface area (Å²) >= 11 is 0. The first kappa shape index (κ1) is 15.7. The standard InChI is InChI=1S/C20H21N3O2/c1-20(2,3)14-6-4-13(5-7-14)19(24)22-17-12-23-15-10-11-25-16(15)8-9-18(23)21-17/h4-9,12H,10-11H2,1-3H3,(H,22,24). The Morgan fingerprint density at radius 1 is 1.16 bits per heavy atom. The van der Waals surface area contributed by atoms with Gasteiger partial charge in [-0.1, -0.05) is 32.9 Å². The average molecular weight is 335 g/mol. The van der Waals surface area contributed by atoms with Crippen LogP contribution in [0.5, 0.6) is 5.75 Å². The number of hydrogen-bond donors (Lipinski definition) is 1. The minimum atomic E-state index is -0.156. The summed E-state index contributed by atoms with van der Waals surface area (Å²) in [6, 6.07) is 11.6. The second kappa shape index (κ2) is 5.62. The molecule has 0 radical (unpaired) electrons. The van der Waals surface area contributed by atoms with Crippen LogP contribution in [0.2, 0.25) is 0 Å². The maximum atomic E-state index is 12.5. The number of hydrogen-bond acceptors (Lipinski definition) is 3. The Morgan fingerprint density at radius 2 is 1.92 bits per heavy atom. The van der Waals surface area contributed by atoms with Crippen molar-refractivity contribution >= 4 is 17.4 Å². The third-order valence-corrected chi connectivity index (χ3v) is 4.54. The highest BCUT2D eigenvalue weighted by Crippen LogP contribution is 2.27. The molecule has 0 saturated heterocycles. The van der Waals surface area contributed by atoms with Gasteiger partial charge in [-0.25, -0.2) is 4.98 Å². The summed E-state index contributed by atoms with van der Waals surface area (Å²) in [5, 5.41) is 2.89. The molecule has 0 atom stereocenters. The molecule has 1 aliphatic rings. The molecule has 1 aliphatic heterocycles. The first-order valence-electron chi connectivity index (χ1n) is 8.47. The monoisotopic (exact) mass is 335 g/mol. The number of carbonyl (C=O) groups excluding carboxylic acids is 1. The molecule has 4 rings (SSSR count). The first-order chi connectivity index (χ1) is 11.9. The lowest BCUT2D eigenvalue weighted by molar-refractivity contribution is 0.102. The molecule has 25 heavy (non-hydrogen) atoms. The Labute approximate surface area is 146 Å². The van der Waals surface area contributed by atoms with Crippen molar-refractivity contribution in [1.29, 1.82) is 0 Å². The number of rotatable bonds is 2. The van der Waals surface area contributed by atoms with E-state index in [1.807, 2.05) is 47.0 Å². The van der Waals surface area contributed by atoms with Gasteiger partial charge >= 0.3 is 0 Å². The molecule has 0 saturated carbocycles. The van der Waals surface area contributed by atoms with Crippen LogP contribution in [0.4, 0.5) is 5.82 Å². The van der Waals surface area contributed by atoms with Crippen LogP contribution >= 0.6 is 0 Å². The Bertz CT molecular complexity index is 949. The first-order valence-corrected chi connectivity index (χ1v) is 8.47. The van der Waals surface area contributed by atoms with Crippen molar-refractivity contribution in [2.75, 3.05) is 11.9 Å². The molecule has 3 heterocycles. The number of aromatic nitrogens is 2. The number of amides is 1. The summed E-state index contributed by atoms with van der Waals surface area (Å²) in [5.74, 6) is 1.28. The topological polar surface area (TPSA) is 55.6 Å². The smallest absolute Gasteiger partial charge is 0.256 e. The molecular formula is C20H21N3O2. The van der Waals surface area contributed by atoms with Crippen molar-refractivity contribution in [2.24, 2.45) is 0 Å². The number of fused-ring (bicyclic) bond motifs is 3. The summed E-state index contributed by atoms with van der Waals surface area (Å²) in [5.41, 5.74) is 3.80. The van der Waals surface area contributed by atoms with Gasteiger partial charge in [0.05, 0.1) is 18.5 Å². The predicted molar refractivity (Wildman–Crippen MR) is 97.5 cm³/mol. The molecule has 0 fully saturated rings. The van der Waals surface area contributed by atoms with E-state index in [0.29, 0.717) is 18.0 Å². The molecule has 0 unspecified atom stereocenters. The van der Waals surface area contributed by atoms with Gasteiger partial charge in [-0.15, -0.1) is 0 Å². The van der Waals surface area contributed by atoms with Crippen LogP contribution in [0.25, 0.3) is 5.65 Å². The average Bonchev–Trinajstić information content (AvgIpc) is 3.19. The van der Waals surface area contributed by atoms with Gasteiger partial charge in [-0.2, -0.15) is 0 Å². The van der Waals surface area contributed by atoms with E-state index in [1.54, 1.807) is 0 Å². The number of nitrogens with zero attached hydrogens (tertiary/aromatic N) is 2. The van der Waals surface area contributed by atoms with E-state index in [0.717, 1.165) is 23.5 Å². The highest BCUT2D eigenvalue weighted by atomic mass is 16.5. The molecule has 5 heteroatoms. The molecule has 2 aromatic heterocycles. The lowest BCUT2D eigenvalue weighted by Crippen LogP contribution is -2.14. The number of pyridine rings is 1. The van der Waals surface area contributed by atoms with E-state index in [-0.39, 0.29) is 11.3 Å². The molecule has 128 valence electrons. The molecule has 1 amide bonds. The van der Waals surface area contributed by atoms with Crippen molar-refractivity contribution in [1.82, 2.24) is 9.38 Å². The summed E-state index contributed by atoms with van der Waals surface area (Å²) in [6.07, 6.45) is 2.70. The van der Waals surface area contributed by atoms with E-state index in [2.05, 4.69) is 31.1 Å². The van der Waals surface area contributed by atoms with Crippen LogP contribution in [-0.2, 0) is 11.8 Å². The van der Waals surface area contributed by atoms with E-state index in [4.69, 9.17) is 4.74 Å². The van der Waals surface area contributed by atoms with Gasteiger partial charge in [0.2, 0.25) is 0 Å². The van der Waals surface area contributed by atoms with Crippen LogP contribution in [0.3, 0.4) is 0 Å². The minimum Gasteiger partial charge on any atom is -0.491 e. The fourth-order valence-electron chi connectivity index (χ4n) is 3.10. The number of anilines is 1. The van der Waals surface area contributed by atoms with E-state index < -0.39 is 0 Å². The highest BCUT2D eigenvalue weighted by Gasteiger charge is 2.18. The van der Waals surface area contributed by atoms with Gasteiger partial charge in [0.15, 0.2) is 5.82 Å². The zero-order chi connectivity index (χ0) is 17.6. The third kappa shape index (κ3) is 2.86. The SMILES string of the molecule is CC(C)(C)c1ccc(C(=O)Nc2cn3c4c(ccc3n2)OCC4)cc1. The van der Waals surface area contributed by atoms with Gasteiger partial charge in [0.1, 0.15) is 11.4 Å². The maximum Gasteiger partial charge on any atom is 0.256 e. The van der Waals surface area contributed by atoms with Crippen molar-refractivity contribution < 1.29 is 9.53 Å². The van der Waals surface area contributed by atoms with Gasteiger partial charge in [-0.3, -0.25) is 9.20 Å². The van der Waals surface area contributed by atoms with Gasteiger partial charge in [0.25, 0.3) is 5.91 Å². The summed E-state index contributed by atoms with van der Waals surface area (Å²) in [7, 11) is 0. The van der Waals surface area contributed by atoms with E-state index in [9.17, 15) is 4.79 Å². The molecule has 0 aliphatic carbocycles. The second-order valence-corrected chi connectivity index (χ2v) is 7.38. The molecule has 3 aromatic rings. The fourth-order valence-corrected chi connectivity index (χ4v) is 3.10. The van der Waals surface area contributed by atoms with Crippen molar-refractivity contribution in [3.8, 4) is 5.75 Å². The summed E-state index contributed by atoms with van der Waals surface area (Å²) in [4.78, 5) is 17.0. The van der Waals surface area contributed by atoms with Crippen LogP contribution in [-0.4, -0.2) is 21.9 Å². The largest absolute Gasteiger partial charge is 0.491 e. The zero-order valence-electron chi connectivity index (χ0n) is 14.7. The van der Waals surface area contributed by atoms with Crippen molar-refractivity contribution in [2.45, 2.75) is 32.6 Å². The molecule has 0 bridgehead atoms. The second-order valence-electron chi connectivity index (χ2n) is 7.38. The Balaban J connectivity index is 1.58. The van der Waals surface area contributed by atoms with Gasteiger partial charge in [-0.05, 0) is 35.2 Å². The van der Waals surface area contributed by atoms with Crippen LogP contribution in [0, 0.1) is 0 Å². The van der Waals surface area contributed by atoms with Crippen LogP contribution < -0.4 is 10.1 Å². The molecule has 0 spiro atoms. The fraction of sp³-hybridized carbons (Fsp3) is 0.300. The van der Waals surface area contributed by atoms with E-state index in [1.165, 1.54) is 5.56 Å². The van der Waals surface area contributed by atoms with Gasteiger partial charge in [0, 0.05) is 12.0 Å². The molecular weight excluding hydrogens is 314 g/mol. The quantitative estimate of drug-likeness (QED) is 0.774. The Morgan fingerprint density at radius 3 is 2.64 bits per heavy atom. The Hall–Kier alpha value is -2.82. The lowest BCUT2D eigenvalue weighted by atomic mass is 9.87. The number of nitrogens with one attached hydrogen (secondary N) is 1. The highest BCUT2D eigenvalue weighted by molar-refractivity contribution is 6.03. The third-order valence-electron chi connectivity index (χ3n) is 4.54. The minimum absolute atomic E-state index is 0.0685. The summed E-state index contributed by atoms with van der Waals surface area (Å²) < 4.78 is 7.56. The number of benzene rings is 1. The van der Waals surface area contributed by atoms with Crippen LogP contribution in [0.15, 0.2) is 42.6 Å². The molecule has 1 aromatic carbocycles. The van der Waals surface area contributed by atoms with Crippen LogP contribution in [0.1, 0.15) is 42.4 Å². The van der Waals surface area contributed by atoms with Crippen molar-refractivity contribution in [3.63, 3.8) is 0 Å². The number of ether oxygens (including phenoxy) is 1.